The molecule has 0 saturated carbocycles. The Labute approximate surface area is 103 Å². The molecule has 17 heavy (non-hydrogen) atoms. The van der Waals surface area contributed by atoms with Gasteiger partial charge in [0.05, 0.1) is 7.11 Å². The van der Waals surface area contributed by atoms with Gasteiger partial charge in [0.1, 0.15) is 5.75 Å². The minimum Gasteiger partial charge on any atom is -0.497 e. The van der Waals surface area contributed by atoms with E-state index >= 15 is 0 Å². The summed E-state index contributed by atoms with van der Waals surface area (Å²) in [6, 6.07) is 16.9. The second-order valence-electron chi connectivity index (χ2n) is 4.18. The summed E-state index contributed by atoms with van der Waals surface area (Å²) in [5.74, 6) is 0.906. The van der Waals surface area contributed by atoms with Crippen LogP contribution in [0.2, 0.25) is 0 Å². The normalized spacial score (nSPS) is 10.2. The van der Waals surface area contributed by atoms with Crippen LogP contribution in [-0.4, -0.2) is 7.11 Å². The Balaban J connectivity index is 2.34. The van der Waals surface area contributed by atoms with Crippen LogP contribution in [0.15, 0.2) is 48.5 Å². The predicted octanol–water partition coefficient (Wildman–Crippen LogP) is 4.31. The van der Waals surface area contributed by atoms with Crippen LogP contribution in [0.25, 0.3) is 11.1 Å². The lowest BCUT2D eigenvalue weighted by Crippen LogP contribution is -1.86. The van der Waals surface area contributed by atoms with Crippen molar-refractivity contribution in [2.75, 3.05) is 7.11 Å². The van der Waals surface area contributed by atoms with Crippen LogP contribution in [-0.2, 0) is 6.42 Å². The van der Waals surface area contributed by atoms with Gasteiger partial charge in [0.25, 0.3) is 0 Å². The van der Waals surface area contributed by atoms with Gasteiger partial charge < -0.3 is 4.74 Å². The first-order valence-corrected chi connectivity index (χ1v) is 6.07. The zero-order chi connectivity index (χ0) is 12.1. The summed E-state index contributed by atoms with van der Waals surface area (Å²) in [5.41, 5.74) is 3.87. The Hall–Kier alpha value is -1.76. The van der Waals surface area contributed by atoms with Gasteiger partial charge in [-0.05, 0) is 35.2 Å². The highest BCUT2D eigenvalue weighted by Crippen LogP contribution is 2.24. The van der Waals surface area contributed by atoms with Gasteiger partial charge in [0, 0.05) is 0 Å². The van der Waals surface area contributed by atoms with E-state index < -0.39 is 0 Å². The van der Waals surface area contributed by atoms with Crippen molar-refractivity contribution in [1.29, 1.82) is 0 Å². The van der Waals surface area contributed by atoms with E-state index in [1.807, 2.05) is 12.1 Å². The van der Waals surface area contributed by atoms with E-state index in [4.69, 9.17) is 4.74 Å². The maximum absolute atomic E-state index is 5.25. The lowest BCUT2D eigenvalue weighted by atomic mass is 10.0. The molecule has 0 aliphatic carbocycles. The van der Waals surface area contributed by atoms with Crippen LogP contribution in [0.5, 0.6) is 5.75 Å². The SMILES string of the molecule is CCCc1cccc(-c2cccc(OC)c2)c1. The Morgan fingerprint density at radius 1 is 0.941 bits per heavy atom. The maximum Gasteiger partial charge on any atom is 0.119 e. The van der Waals surface area contributed by atoms with Gasteiger partial charge >= 0.3 is 0 Å². The molecule has 2 rings (SSSR count). The predicted molar refractivity (Wildman–Crippen MR) is 72.4 cm³/mol. The number of hydrogen-bond donors (Lipinski definition) is 0. The van der Waals surface area contributed by atoms with Crippen molar-refractivity contribution in [2.24, 2.45) is 0 Å². The molecule has 2 aromatic carbocycles. The van der Waals surface area contributed by atoms with Crippen LogP contribution in [0.4, 0.5) is 0 Å². The molecule has 0 bridgehead atoms. The lowest BCUT2D eigenvalue weighted by Gasteiger charge is -2.06. The molecule has 0 atom stereocenters. The van der Waals surface area contributed by atoms with Crippen LogP contribution < -0.4 is 4.74 Å². The molecule has 0 aliphatic heterocycles. The fraction of sp³-hybridized carbons (Fsp3) is 0.250. The van der Waals surface area contributed by atoms with Crippen molar-refractivity contribution in [3.8, 4) is 16.9 Å². The molecule has 88 valence electrons. The van der Waals surface area contributed by atoms with Crippen molar-refractivity contribution in [3.05, 3.63) is 54.1 Å². The monoisotopic (exact) mass is 226 g/mol. The highest BCUT2D eigenvalue weighted by atomic mass is 16.5. The summed E-state index contributed by atoms with van der Waals surface area (Å²) in [5, 5.41) is 0. The van der Waals surface area contributed by atoms with Crippen LogP contribution in [0.3, 0.4) is 0 Å². The number of aryl methyl sites for hydroxylation is 1. The van der Waals surface area contributed by atoms with Gasteiger partial charge in [-0.1, -0.05) is 49.7 Å². The van der Waals surface area contributed by atoms with Crippen LogP contribution in [0.1, 0.15) is 18.9 Å². The second kappa shape index (κ2) is 5.53. The summed E-state index contributed by atoms with van der Waals surface area (Å²) < 4.78 is 5.25. The molecule has 0 aromatic heterocycles. The van der Waals surface area contributed by atoms with Gasteiger partial charge in [0.2, 0.25) is 0 Å². The molecule has 2 aromatic rings. The maximum atomic E-state index is 5.25. The second-order valence-corrected chi connectivity index (χ2v) is 4.18. The van der Waals surface area contributed by atoms with Gasteiger partial charge in [-0.25, -0.2) is 0 Å². The Bertz CT molecular complexity index is 488. The largest absolute Gasteiger partial charge is 0.497 e. The minimum absolute atomic E-state index is 0.906. The summed E-state index contributed by atoms with van der Waals surface area (Å²) in [4.78, 5) is 0. The topological polar surface area (TPSA) is 9.23 Å². The van der Waals surface area contributed by atoms with E-state index in [1.165, 1.54) is 23.1 Å². The molecule has 0 unspecified atom stereocenters. The summed E-state index contributed by atoms with van der Waals surface area (Å²) >= 11 is 0. The third kappa shape index (κ3) is 2.88. The molecule has 1 heteroatoms. The summed E-state index contributed by atoms with van der Waals surface area (Å²) in [6.45, 7) is 2.21. The van der Waals surface area contributed by atoms with E-state index in [0.717, 1.165) is 12.2 Å². The van der Waals surface area contributed by atoms with E-state index in [9.17, 15) is 0 Å². The molecule has 1 nitrogen and oxygen atoms in total. The molecule has 0 fully saturated rings. The molecule has 0 spiro atoms. The Morgan fingerprint density at radius 2 is 1.65 bits per heavy atom. The molecule has 0 amide bonds. The zero-order valence-corrected chi connectivity index (χ0v) is 10.4. The quantitative estimate of drug-likeness (QED) is 0.754. The molecule has 0 heterocycles. The van der Waals surface area contributed by atoms with Gasteiger partial charge in [-0.15, -0.1) is 0 Å². The van der Waals surface area contributed by atoms with Crippen molar-refractivity contribution in [1.82, 2.24) is 0 Å². The van der Waals surface area contributed by atoms with Gasteiger partial charge in [-0.2, -0.15) is 0 Å². The van der Waals surface area contributed by atoms with Crippen LogP contribution in [0, 0.1) is 0 Å². The minimum atomic E-state index is 0.906. The average molecular weight is 226 g/mol. The fourth-order valence-electron chi connectivity index (χ4n) is 2.00. The number of methoxy groups -OCH3 is 1. The van der Waals surface area contributed by atoms with Crippen molar-refractivity contribution >= 4 is 0 Å². The molecule has 0 saturated heterocycles. The smallest absolute Gasteiger partial charge is 0.119 e. The third-order valence-electron chi connectivity index (χ3n) is 2.87. The van der Waals surface area contributed by atoms with E-state index in [-0.39, 0.29) is 0 Å². The number of ether oxygens (including phenoxy) is 1. The number of benzene rings is 2. The lowest BCUT2D eigenvalue weighted by molar-refractivity contribution is 0.415. The van der Waals surface area contributed by atoms with Crippen molar-refractivity contribution in [2.45, 2.75) is 19.8 Å². The van der Waals surface area contributed by atoms with Gasteiger partial charge in [-0.3, -0.25) is 0 Å². The number of rotatable bonds is 4. The van der Waals surface area contributed by atoms with Crippen molar-refractivity contribution in [3.63, 3.8) is 0 Å². The van der Waals surface area contributed by atoms with E-state index in [0.29, 0.717) is 0 Å². The first kappa shape index (κ1) is 11.7. The Kier molecular flexibility index (Phi) is 3.81. The molecule has 0 N–H and O–H groups in total. The molecular formula is C16H18O. The van der Waals surface area contributed by atoms with Crippen LogP contribution >= 0.6 is 0 Å². The zero-order valence-electron chi connectivity index (χ0n) is 10.4. The highest BCUT2D eigenvalue weighted by Gasteiger charge is 2.00. The first-order chi connectivity index (χ1) is 8.33. The standard InChI is InChI=1S/C16H18O/c1-3-6-13-7-4-8-14(11-13)15-9-5-10-16(12-15)17-2/h4-5,7-12H,3,6H2,1-2H3. The molecule has 0 radical (unpaired) electrons. The molecular weight excluding hydrogens is 208 g/mol. The molecule has 0 aliphatic rings. The van der Waals surface area contributed by atoms with E-state index in [1.54, 1.807) is 7.11 Å². The Morgan fingerprint density at radius 3 is 2.35 bits per heavy atom. The highest BCUT2D eigenvalue weighted by molar-refractivity contribution is 5.65. The fourth-order valence-corrected chi connectivity index (χ4v) is 2.00. The van der Waals surface area contributed by atoms with Gasteiger partial charge in [0.15, 0.2) is 0 Å². The van der Waals surface area contributed by atoms with E-state index in [2.05, 4.69) is 43.3 Å². The third-order valence-corrected chi connectivity index (χ3v) is 2.87. The summed E-state index contributed by atoms with van der Waals surface area (Å²) in [7, 11) is 1.70. The number of hydrogen-bond acceptors (Lipinski definition) is 1. The first-order valence-electron chi connectivity index (χ1n) is 6.07. The van der Waals surface area contributed by atoms with Crippen molar-refractivity contribution < 1.29 is 4.74 Å². The average Bonchev–Trinajstić information content (AvgIpc) is 2.40. The summed E-state index contributed by atoms with van der Waals surface area (Å²) in [6.07, 6.45) is 2.32.